The van der Waals surface area contributed by atoms with Crippen LogP contribution < -0.4 is 0 Å². The number of hydrogen-bond acceptors (Lipinski definition) is 0. The molecule has 0 saturated heterocycles. The second-order valence-corrected chi connectivity index (χ2v) is 23.2. The standard InChI is InChI=1S/C76H72/c1-50-7-19-56(20-8-50)25-27-59-29-39-67-69-41-31-61(44-66(63-33-13-53(4)14-34-63)43-58-23-11-52(3)12-24-58)48-74(69)76(72(67)46-59)73-47-60(28-26-57-21-9-51(2)10-22-57)30-40-68(73)70-42-32-62(49-75(70)76)45-71(64-35-15-54(5)16-36-64)65-37-17-55(6)18-38-65/h7-17,19-24,29-37,39-42,46-49,66,71H,18,25-28,38,43-45H2,1-6H3. The summed E-state index contributed by atoms with van der Waals surface area (Å²) in [5.74, 6) is 0.621. The first-order valence-electron chi connectivity index (χ1n) is 28.2. The van der Waals surface area contributed by atoms with Crippen molar-refractivity contribution in [3.8, 4) is 22.3 Å². The monoisotopic (exact) mass is 985 g/mol. The van der Waals surface area contributed by atoms with Crippen molar-refractivity contribution >= 4 is 0 Å². The van der Waals surface area contributed by atoms with E-state index >= 15 is 0 Å². The van der Waals surface area contributed by atoms with Crippen molar-refractivity contribution in [2.24, 2.45) is 0 Å². The van der Waals surface area contributed by atoms with E-state index in [1.54, 1.807) is 5.57 Å². The van der Waals surface area contributed by atoms with E-state index in [0.29, 0.717) is 11.8 Å². The highest BCUT2D eigenvalue weighted by molar-refractivity contribution is 5.95. The van der Waals surface area contributed by atoms with Crippen LogP contribution in [0.2, 0.25) is 0 Å². The molecule has 9 aromatic carbocycles. The normalized spacial score (nSPS) is 15.9. The molecule has 0 radical (unpaired) electrons. The lowest BCUT2D eigenvalue weighted by molar-refractivity contribution is 0.677. The molecule has 76 heavy (non-hydrogen) atoms. The maximum absolute atomic E-state index is 2.67. The minimum absolute atomic E-state index is 0.298. The lowest BCUT2D eigenvalue weighted by atomic mass is 9.69. The van der Waals surface area contributed by atoms with Crippen LogP contribution in [0.1, 0.15) is 132 Å². The third-order valence-electron chi connectivity index (χ3n) is 17.6. The minimum Gasteiger partial charge on any atom is -0.0730 e. The maximum Gasteiger partial charge on any atom is 0.0725 e. The zero-order valence-electron chi connectivity index (χ0n) is 45.6. The van der Waals surface area contributed by atoms with Gasteiger partial charge in [0.25, 0.3) is 0 Å². The summed E-state index contributed by atoms with van der Waals surface area (Å²) < 4.78 is 0. The van der Waals surface area contributed by atoms with Crippen LogP contribution in [0.3, 0.4) is 0 Å². The van der Waals surface area contributed by atoms with Gasteiger partial charge in [-0.25, -0.2) is 0 Å². The molecule has 3 aliphatic rings. The van der Waals surface area contributed by atoms with Crippen molar-refractivity contribution in [3.63, 3.8) is 0 Å². The van der Waals surface area contributed by atoms with Crippen molar-refractivity contribution in [1.29, 1.82) is 0 Å². The summed E-state index contributed by atoms with van der Waals surface area (Å²) in [6, 6.07) is 76.7. The highest BCUT2D eigenvalue weighted by Gasteiger charge is 2.52. The highest BCUT2D eigenvalue weighted by atomic mass is 14.5. The molecular weight excluding hydrogens is 913 g/mol. The Bertz CT molecular complexity index is 3570. The van der Waals surface area contributed by atoms with Gasteiger partial charge >= 0.3 is 0 Å². The Morgan fingerprint density at radius 2 is 0.658 bits per heavy atom. The topological polar surface area (TPSA) is 0 Å². The van der Waals surface area contributed by atoms with Crippen molar-refractivity contribution in [2.45, 2.75) is 117 Å². The summed E-state index contributed by atoms with van der Waals surface area (Å²) >= 11 is 0. The van der Waals surface area contributed by atoms with E-state index in [1.807, 2.05) is 0 Å². The van der Waals surface area contributed by atoms with Gasteiger partial charge in [0.15, 0.2) is 0 Å². The average molecular weight is 985 g/mol. The van der Waals surface area contributed by atoms with Crippen LogP contribution in [-0.2, 0) is 50.4 Å². The summed E-state index contributed by atoms with van der Waals surface area (Å²) in [4.78, 5) is 0. The van der Waals surface area contributed by atoms with Crippen molar-refractivity contribution in [2.75, 3.05) is 0 Å². The first kappa shape index (κ1) is 49.3. The zero-order valence-corrected chi connectivity index (χ0v) is 45.6. The van der Waals surface area contributed by atoms with E-state index in [1.165, 1.54) is 128 Å². The molecule has 0 aliphatic heterocycles. The highest BCUT2D eigenvalue weighted by Crippen LogP contribution is 2.63. The predicted molar refractivity (Wildman–Crippen MR) is 321 cm³/mol. The van der Waals surface area contributed by atoms with Crippen molar-refractivity contribution in [3.05, 3.63) is 318 Å². The van der Waals surface area contributed by atoms with E-state index in [0.717, 1.165) is 57.8 Å². The van der Waals surface area contributed by atoms with Crippen LogP contribution in [0.15, 0.2) is 217 Å². The fraction of sp³-hybridized carbons (Fsp3) is 0.237. The van der Waals surface area contributed by atoms with Crippen LogP contribution in [0, 0.1) is 34.6 Å². The van der Waals surface area contributed by atoms with E-state index < -0.39 is 5.41 Å². The number of fused-ring (bicyclic) bond motifs is 10. The molecule has 9 aromatic rings. The van der Waals surface area contributed by atoms with Crippen molar-refractivity contribution < 1.29 is 0 Å². The van der Waals surface area contributed by atoms with Gasteiger partial charge in [0.1, 0.15) is 0 Å². The van der Waals surface area contributed by atoms with E-state index in [9.17, 15) is 0 Å². The van der Waals surface area contributed by atoms with Gasteiger partial charge < -0.3 is 0 Å². The van der Waals surface area contributed by atoms with E-state index in [4.69, 9.17) is 0 Å². The Labute approximate surface area is 454 Å². The minimum atomic E-state index is -0.499. The van der Waals surface area contributed by atoms with Gasteiger partial charge in [0.2, 0.25) is 0 Å². The molecule has 0 bridgehead atoms. The number of benzene rings is 9. The summed E-state index contributed by atoms with van der Waals surface area (Å²) in [7, 11) is 0. The molecule has 3 aliphatic carbocycles. The first-order chi connectivity index (χ1) is 37.0. The van der Waals surface area contributed by atoms with Gasteiger partial charge in [-0.3, -0.25) is 0 Å². The van der Waals surface area contributed by atoms with Crippen LogP contribution >= 0.6 is 0 Å². The maximum atomic E-state index is 2.67. The molecule has 12 rings (SSSR count). The Kier molecular flexibility index (Phi) is 13.6. The lowest BCUT2D eigenvalue weighted by Crippen LogP contribution is -2.27. The van der Waals surface area contributed by atoms with Gasteiger partial charge in [-0.2, -0.15) is 0 Å². The number of rotatable bonds is 15. The molecule has 3 unspecified atom stereocenters. The molecular formula is C76H72. The Balaban J connectivity index is 1.04. The number of hydrogen-bond donors (Lipinski definition) is 0. The summed E-state index contributed by atoms with van der Waals surface area (Å²) in [5.41, 5.74) is 32.9. The van der Waals surface area contributed by atoms with Gasteiger partial charge in [0, 0.05) is 5.92 Å². The Morgan fingerprint density at radius 3 is 1.09 bits per heavy atom. The molecule has 1 spiro atoms. The van der Waals surface area contributed by atoms with Gasteiger partial charge in [-0.15, -0.1) is 0 Å². The lowest BCUT2D eigenvalue weighted by Gasteiger charge is -2.32. The summed E-state index contributed by atoms with van der Waals surface area (Å²) in [6.45, 7) is 13.3. The molecule has 0 fully saturated rings. The Morgan fingerprint density at radius 1 is 0.316 bits per heavy atom. The molecule has 0 saturated carbocycles. The smallest absolute Gasteiger partial charge is 0.0725 e. The van der Waals surface area contributed by atoms with Crippen molar-refractivity contribution in [1.82, 2.24) is 0 Å². The Hall–Kier alpha value is -7.54. The predicted octanol–water partition coefficient (Wildman–Crippen LogP) is 18.7. The van der Waals surface area contributed by atoms with Crippen LogP contribution in [-0.4, -0.2) is 0 Å². The van der Waals surface area contributed by atoms with E-state index in [-0.39, 0.29) is 0 Å². The number of aryl methyl sites for hydroxylation is 9. The zero-order chi connectivity index (χ0) is 51.9. The van der Waals surface area contributed by atoms with Crippen LogP contribution in [0.25, 0.3) is 22.3 Å². The molecule has 0 amide bonds. The molecule has 0 nitrogen and oxygen atoms in total. The molecule has 0 heteroatoms. The van der Waals surface area contributed by atoms with Gasteiger partial charge in [-0.1, -0.05) is 245 Å². The second kappa shape index (κ2) is 20.9. The van der Waals surface area contributed by atoms with Crippen LogP contribution in [0.5, 0.6) is 0 Å². The molecule has 376 valence electrons. The van der Waals surface area contributed by atoms with E-state index in [2.05, 4.69) is 248 Å². The van der Waals surface area contributed by atoms with Gasteiger partial charge in [-0.05, 0) is 200 Å². The van der Waals surface area contributed by atoms with Crippen LogP contribution in [0.4, 0.5) is 0 Å². The third kappa shape index (κ3) is 9.80. The summed E-state index contributed by atoms with van der Waals surface area (Å²) in [6.07, 6.45) is 13.9. The quantitative estimate of drug-likeness (QED) is 0.0960. The molecule has 0 N–H and O–H groups in total. The fourth-order valence-corrected chi connectivity index (χ4v) is 13.1. The number of allylic oxidation sites excluding steroid dienone is 4. The third-order valence-corrected chi connectivity index (χ3v) is 17.6. The molecule has 0 heterocycles. The molecule has 0 aromatic heterocycles. The fourth-order valence-electron chi connectivity index (χ4n) is 13.1. The molecule has 3 atom stereocenters. The summed E-state index contributed by atoms with van der Waals surface area (Å²) in [5, 5.41) is 0. The SMILES string of the molecule is CC1=CC=C(C(Cc2ccc3c(c2)C2(c4cc(CCc5ccc(C)cc5)ccc4-c4ccc(CC(Cc5ccc(C)cc5)c5ccc(C)cc5)cc42)c2cc(CCc4ccc(C)cc4)ccc2-3)c2ccc(C)cc2)CC1. The largest absolute Gasteiger partial charge is 0.0730 e. The first-order valence-corrected chi connectivity index (χ1v) is 28.2. The average Bonchev–Trinajstić information content (AvgIpc) is 3.89. The van der Waals surface area contributed by atoms with Gasteiger partial charge in [0.05, 0.1) is 5.41 Å². The second-order valence-electron chi connectivity index (χ2n) is 23.2.